The zero-order chi connectivity index (χ0) is 13.8. The first-order valence-electron chi connectivity index (χ1n) is 5.36. The van der Waals surface area contributed by atoms with Gasteiger partial charge in [-0.25, -0.2) is 13.1 Å². The molecule has 0 radical (unpaired) electrons. The molecule has 7 heteroatoms. The highest BCUT2D eigenvalue weighted by Gasteiger charge is 2.17. The van der Waals surface area contributed by atoms with Crippen LogP contribution in [0.25, 0.3) is 0 Å². The van der Waals surface area contributed by atoms with Crippen molar-refractivity contribution < 1.29 is 18.3 Å². The maximum absolute atomic E-state index is 11.8. The highest BCUT2D eigenvalue weighted by molar-refractivity contribution is 7.89. The molecule has 0 bridgehead atoms. The molecule has 1 rings (SSSR count). The summed E-state index contributed by atoms with van der Waals surface area (Å²) in [5, 5.41) is 11.3. The third kappa shape index (κ3) is 3.52. The summed E-state index contributed by atoms with van der Waals surface area (Å²) < 4.78 is 26.0. The minimum absolute atomic E-state index is 0.0513. The molecule has 0 aliphatic carbocycles. The van der Waals surface area contributed by atoms with Gasteiger partial charge in [-0.3, -0.25) is 4.79 Å². The molecule has 0 saturated heterocycles. The summed E-state index contributed by atoms with van der Waals surface area (Å²) in [6.45, 7) is 1.27. The fraction of sp³-hybridized carbons (Fsp3) is 0.364. The molecule has 0 spiro atoms. The molecule has 1 amide bonds. The van der Waals surface area contributed by atoms with Gasteiger partial charge in [-0.2, -0.15) is 0 Å². The van der Waals surface area contributed by atoms with Gasteiger partial charge in [0.15, 0.2) is 0 Å². The van der Waals surface area contributed by atoms with E-state index in [0.717, 1.165) is 0 Å². The minimum Gasteiger partial charge on any atom is -0.395 e. The van der Waals surface area contributed by atoms with Gasteiger partial charge >= 0.3 is 0 Å². The number of carbonyl (C=O) groups is 1. The lowest BCUT2D eigenvalue weighted by molar-refractivity contribution is 0.0963. The van der Waals surface area contributed by atoms with E-state index < -0.39 is 16.1 Å². The fourth-order valence-electron chi connectivity index (χ4n) is 1.30. The van der Waals surface area contributed by atoms with E-state index in [4.69, 9.17) is 5.11 Å². The predicted octanol–water partition coefficient (Wildman–Crippen LogP) is -0.295. The second kappa shape index (κ2) is 5.94. The van der Waals surface area contributed by atoms with Crippen LogP contribution in [0.1, 0.15) is 17.3 Å². The number of aliphatic hydroxyl groups is 1. The van der Waals surface area contributed by atoms with Crippen LogP contribution in [0.3, 0.4) is 0 Å². The summed E-state index contributed by atoms with van der Waals surface area (Å²) in [4.78, 5) is 11.3. The number of carbonyl (C=O) groups excluding carboxylic acids is 1. The van der Waals surface area contributed by atoms with Crippen molar-refractivity contribution in [1.29, 1.82) is 0 Å². The minimum atomic E-state index is -3.66. The van der Waals surface area contributed by atoms with Crippen LogP contribution in [0.2, 0.25) is 0 Å². The lowest BCUT2D eigenvalue weighted by Gasteiger charge is -2.11. The van der Waals surface area contributed by atoms with Gasteiger partial charge in [0.2, 0.25) is 10.0 Å². The van der Waals surface area contributed by atoms with E-state index >= 15 is 0 Å². The summed E-state index contributed by atoms with van der Waals surface area (Å²) in [7, 11) is -2.17. The molecule has 0 aliphatic rings. The maximum atomic E-state index is 11.8. The molecule has 3 N–H and O–H groups in total. The van der Waals surface area contributed by atoms with Crippen molar-refractivity contribution in [3.63, 3.8) is 0 Å². The number of aliphatic hydroxyl groups excluding tert-OH is 1. The Kier molecular flexibility index (Phi) is 4.83. The molecule has 100 valence electrons. The monoisotopic (exact) mass is 272 g/mol. The first kappa shape index (κ1) is 14.6. The third-order valence-corrected chi connectivity index (χ3v) is 3.89. The zero-order valence-corrected chi connectivity index (χ0v) is 11.0. The Morgan fingerprint density at radius 3 is 2.33 bits per heavy atom. The Morgan fingerprint density at radius 1 is 1.33 bits per heavy atom. The summed E-state index contributed by atoms with van der Waals surface area (Å²) in [5.41, 5.74) is 0.381. The van der Waals surface area contributed by atoms with Gasteiger partial charge in [-0.1, -0.05) is 0 Å². The Labute approximate surface area is 106 Å². The maximum Gasteiger partial charge on any atom is 0.251 e. The SMILES string of the molecule is CNC(=O)c1ccc(S(=O)(=O)N[C@H](C)CO)cc1. The van der Waals surface area contributed by atoms with Crippen LogP contribution >= 0.6 is 0 Å². The van der Waals surface area contributed by atoms with E-state index in [1.807, 2.05) is 0 Å². The molecule has 1 aromatic carbocycles. The van der Waals surface area contributed by atoms with Crippen LogP contribution in [0, 0.1) is 0 Å². The largest absolute Gasteiger partial charge is 0.395 e. The number of hydrogen-bond acceptors (Lipinski definition) is 4. The van der Waals surface area contributed by atoms with Gasteiger partial charge in [0, 0.05) is 18.7 Å². The second-order valence-corrected chi connectivity index (χ2v) is 5.52. The molecule has 0 saturated carbocycles. The number of hydrogen-bond donors (Lipinski definition) is 3. The summed E-state index contributed by atoms with van der Waals surface area (Å²) in [6, 6.07) is 4.98. The van der Waals surface area contributed by atoms with Crippen LogP contribution in [-0.2, 0) is 10.0 Å². The zero-order valence-electron chi connectivity index (χ0n) is 10.2. The number of rotatable bonds is 5. The van der Waals surface area contributed by atoms with Gasteiger partial charge in [0.25, 0.3) is 5.91 Å². The van der Waals surface area contributed by atoms with E-state index in [0.29, 0.717) is 5.56 Å². The van der Waals surface area contributed by atoms with Crippen molar-refractivity contribution in [2.24, 2.45) is 0 Å². The van der Waals surface area contributed by atoms with Crippen molar-refractivity contribution in [1.82, 2.24) is 10.0 Å². The third-order valence-electron chi connectivity index (χ3n) is 2.28. The van der Waals surface area contributed by atoms with E-state index in [1.54, 1.807) is 6.92 Å². The standard InChI is InChI=1S/C11H16N2O4S/c1-8(7-14)13-18(16,17)10-5-3-9(4-6-10)11(15)12-2/h3-6,8,13-14H,7H2,1-2H3,(H,12,15)/t8-/m1/s1. The Morgan fingerprint density at radius 2 is 1.89 bits per heavy atom. The lowest BCUT2D eigenvalue weighted by atomic mass is 10.2. The van der Waals surface area contributed by atoms with Crippen molar-refractivity contribution in [3.05, 3.63) is 29.8 Å². The summed E-state index contributed by atoms with van der Waals surface area (Å²) >= 11 is 0. The Balaban J connectivity index is 2.94. The first-order chi connectivity index (χ1) is 8.40. The van der Waals surface area contributed by atoms with Gasteiger partial charge in [-0.15, -0.1) is 0 Å². The smallest absolute Gasteiger partial charge is 0.251 e. The lowest BCUT2D eigenvalue weighted by Crippen LogP contribution is -2.35. The van der Waals surface area contributed by atoms with E-state index in [1.165, 1.54) is 31.3 Å². The molecular formula is C11H16N2O4S. The number of nitrogens with one attached hydrogen (secondary N) is 2. The van der Waals surface area contributed by atoms with Crippen LogP contribution in [0.4, 0.5) is 0 Å². The molecular weight excluding hydrogens is 256 g/mol. The molecule has 18 heavy (non-hydrogen) atoms. The molecule has 0 fully saturated rings. The molecule has 1 aromatic rings. The molecule has 0 heterocycles. The van der Waals surface area contributed by atoms with Crippen molar-refractivity contribution in [2.45, 2.75) is 17.9 Å². The summed E-state index contributed by atoms with van der Waals surface area (Å²) in [5.74, 6) is -0.282. The van der Waals surface area contributed by atoms with Gasteiger partial charge in [-0.05, 0) is 31.2 Å². The van der Waals surface area contributed by atoms with Gasteiger partial charge in [0.05, 0.1) is 11.5 Å². The quantitative estimate of drug-likeness (QED) is 0.686. The number of benzene rings is 1. The highest BCUT2D eigenvalue weighted by atomic mass is 32.2. The number of sulfonamides is 1. The molecule has 0 unspecified atom stereocenters. The van der Waals surface area contributed by atoms with Gasteiger partial charge in [0.1, 0.15) is 0 Å². The van der Waals surface area contributed by atoms with E-state index in [-0.39, 0.29) is 17.4 Å². The Hall–Kier alpha value is -1.44. The predicted molar refractivity (Wildman–Crippen MR) is 66.7 cm³/mol. The first-order valence-corrected chi connectivity index (χ1v) is 6.84. The number of amides is 1. The molecule has 1 atom stereocenters. The highest BCUT2D eigenvalue weighted by Crippen LogP contribution is 2.11. The van der Waals surface area contributed by atoms with Gasteiger partial charge < -0.3 is 10.4 Å². The normalized spacial score (nSPS) is 13.1. The van der Waals surface area contributed by atoms with E-state index in [9.17, 15) is 13.2 Å². The summed E-state index contributed by atoms with van der Waals surface area (Å²) in [6.07, 6.45) is 0. The van der Waals surface area contributed by atoms with Crippen LogP contribution in [0.5, 0.6) is 0 Å². The Bertz CT molecular complexity index is 510. The van der Waals surface area contributed by atoms with Crippen LogP contribution < -0.4 is 10.0 Å². The molecule has 0 aromatic heterocycles. The fourth-order valence-corrected chi connectivity index (χ4v) is 2.53. The van der Waals surface area contributed by atoms with Crippen molar-refractivity contribution >= 4 is 15.9 Å². The topological polar surface area (TPSA) is 95.5 Å². The van der Waals surface area contributed by atoms with Crippen molar-refractivity contribution in [3.8, 4) is 0 Å². The van der Waals surface area contributed by atoms with Crippen LogP contribution in [0.15, 0.2) is 29.2 Å². The average Bonchev–Trinajstić information content (AvgIpc) is 2.37. The van der Waals surface area contributed by atoms with Crippen molar-refractivity contribution in [2.75, 3.05) is 13.7 Å². The average molecular weight is 272 g/mol. The molecule has 0 aliphatic heterocycles. The molecule has 6 nitrogen and oxygen atoms in total. The second-order valence-electron chi connectivity index (χ2n) is 3.81. The van der Waals surface area contributed by atoms with Crippen LogP contribution in [-0.4, -0.2) is 39.1 Å². The van der Waals surface area contributed by atoms with E-state index in [2.05, 4.69) is 10.0 Å².